The van der Waals surface area contributed by atoms with E-state index in [4.69, 9.17) is 4.74 Å². The molecule has 1 saturated heterocycles. The van der Waals surface area contributed by atoms with Gasteiger partial charge in [0.2, 0.25) is 0 Å². The monoisotopic (exact) mass is 295 g/mol. The second kappa shape index (κ2) is 6.07. The van der Waals surface area contributed by atoms with Crippen molar-refractivity contribution in [3.8, 4) is 0 Å². The first-order chi connectivity index (χ1) is 9.73. The molecule has 1 fully saturated rings. The fourth-order valence-corrected chi connectivity index (χ4v) is 2.93. The van der Waals surface area contributed by atoms with Gasteiger partial charge >= 0.3 is 0 Å². The van der Waals surface area contributed by atoms with E-state index in [0.717, 1.165) is 12.2 Å². The van der Waals surface area contributed by atoms with E-state index < -0.39 is 5.60 Å². The molecule has 1 aromatic rings. The SMILES string of the molecule is Cc1nn(C(C)(C)C)c(C)c1CNCC1(O)CCOCC1. The molecule has 0 amide bonds. The smallest absolute Gasteiger partial charge is 0.0815 e. The number of nitrogens with zero attached hydrogens (tertiary/aromatic N) is 2. The zero-order valence-electron chi connectivity index (χ0n) is 14.0. The van der Waals surface area contributed by atoms with Gasteiger partial charge in [0.05, 0.1) is 16.8 Å². The first-order valence-electron chi connectivity index (χ1n) is 7.79. The molecule has 0 saturated carbocycles. The summed E-state index contributed by atoms with van der Waals surface area (Å²) < 4.78 is 7.39. The summed E-state index contributed by atoms with van der Waals surface area (Å²) in [6.45, 7) is 13.3. The normalized spacial score (nSPS) is 19.0. The van der Waals surface area contributed by atoms with Crippen molar-refractivity contribution in [2.24, 2.45) is 0 Å². The summed E-state index contributed by atoms with van der Waals surface area (Å²) in [4.78, 5) is 0. The van der Waals surface area contributed by atoms with Crippen LogP contribution >= 0.6 is 0 Å². The average molecular weight is 295 g/mol. The molecule has 0 aliphatic carbocycles. The Hall–Kier alpha value is -0.910. The highest BCUT2D eigenvalue weighted by atomic mass is 16.5. The van der Waals surface area contributed by atoms with E-state index in [1.807, 2.05) is 0 Å². The standard InChI is InChI=1S/C16H29N3O2/c1-12-14(13(2)19(18-12)15(3,4)5)10-17-11-16(20)6-8-21-9-7-16/h17,20H,6-11H2,1-5H3. The Balaban J connectivity index is 1.99. The highest BCUT2D eigenvalue weighted by Crippen LogP contribution is 2.22. The van der Waals surface area contributed by atoms with Crippen molar-refractivity contribution >= 4 is 0 Å². The quantitative estimate of drug-likeness (QED) is 0.890. The second-order valence-corrected chi connectivity index (χ2v) is 7.17. The molecule has 1 aromatic heterocycles. The van der Waals surface area contributed by atoms with E-state index in [-0.39, 0.29) is 5.54 Å². The number of hydrogen-bond acceptors (Lipinski definition) is 4. The van der Waals surface area contributed by atoms with E-state index in [1.165, 1.54) is 11.3 Å². The number of hydrogen-bond donors (Lipinski definition) is 2. The minimum atomic E-state index is -0.625. The van der Waals surface area contributed by atoms with Gasteiger partial charge in [0.15, 0.2) is 0 Å². The molecule has 0 atom stereocenters. The van der Waals surface area contributed by atoms with Gasteiger partial charge in [-0.1, -0.05) is 0 Å². The van der Waals surface area contributed by atoms with E-state index in [2.05, 4.69) is 49.7 Å². The van der Waals surface area contributed by atoms with Gasteiger partial charge in [-0.2, -0.15) is 5.10 Å². The van der Waals surface area contributed by atoms with Crippen LogP contribution in [0, 0.1) is 13.8 Å². The first kappa shape index (κ1) is 16.5. The summed E-state index contributed by atoms with van der Waals surface area (Å²) in [6, 6.07) is 0. The predicted octanol–water partition coefficient (Wildman–Crippen LogP) is 1.89. The summed E-state index contributed by atoms with van der Waals surface area (Å²) in [6.07, 6.45) is 1.42. The fraction of sp³-hybridized carbons (Fsp3) is 0.812. The summed E-state index contributed by atoms with van der Waals surface area (Å²) in [5, 5.41) is 18.5. The van der Waals surface area contributed by atoms with Crippen molar-refractivity contribution in [3.63, 3.8) is 0 Å². The van der Waals surface area contributed by atoms with Gasteiger partial charge in [0, 0.05) is 50.4 Å². The molecule has 2 rings (SSSR count). The lowest BCUT2D eigenvalue weighted by Gasteiger charge is -2.32. The van der Waals surface area contributed by atoms with Crippen molar-refractivity contribution in [1.29, 1.82) is 0 Å². The topological polar surface area (TPSA) is 59.3 Å². The van der Waals surface area contributed by atoms with Crippen LogP contribution in [0.5, 0.6) is 0 Å². The number of nitrogens with one attached hydrogen (secondary N) is 1. The van der Waals surface area contributed by atoms with Gasteiger partial charge in [0.1, 0.15) is 0 Å². The summed E-state index contributed by atoms with van der Waals surface area (Å²) >= 11 is 0. The lowest BCUT2D eigenvalue weighted by molar-refractivity contribution is -0.0617. The van der Waals surface area contributed by atoms with E-state index >= 15 is 0 Å². The third kappa shape index (κ3) is 3.84. The molecule has 1 aliphatic heterocycles. The highest BCUT2D eigenvalue weighted by molar-refractivity contribution is 5.25. The minimum absolute atomic E-state index is 0.00793. The third-order valence-electron chi connectivity index (χ3n) is 4.26. The van der Waals surface area contributed by atoms with Crippen molar-refractivity contribution in [2.45, 2.75) is 65.1 Å². The molecule has 0 unspecified atom stereocenters. The van der Waals surface area contributed by atoms with Crippen molar-refractivity contribution in [3.05, 3.63) is 17.0 Å². The number of rotatable bonds is 4. The predicted molar refractivity (Wildman–Crippen MR) is 83.4 cm³/mol. The Morgan fingerprint density at radius 1 is 1.29 bits per heavy atom. The molecule has 5 heteroatoms. The lowest BCUT2D eigenvalue weighted by Crippen LogP contribution is -2.44. The van der Waals surface area contributed by atoms with Crippen molar-refractivity contribution in [2.75, 3.05) is 19.8 Å². The number of aromatic nitrogens is 2. The van der Waals surface area contributed by atoms with Crippen LogP contribution < -0.4 is 5.32 Å². The lowest BCUT2D eigenvalue weighted by atomic mass is 9.94. The van der Waals surface area contributed by atoms with Crippen LogP contribution in [-0.2, 0) is 16.8 Å². The Labute approximate surface area is 127 Å². The van der Waals surface area contributed by atoms with Crippen LogP contribution in [0.1, 0.15) is 50.6 Å². The van der Waals surface area contributed by atoms with Crippen LogP contribution in [0.4, 0.5) is 0 Å². The van der Waals surface area contributed by atoms with E-state index in [1.54, 1.807) is 0 Å². The molecule has 1 aliphatic rings. The van der Waals surface area contributed by atoms with Gasteiger partial charge in [-0.25, -0.2) is 0 Å². The van der Waals surface area contributed by atoms with Crippen LogP contribution in [0.25, 0.3) is 0 Å². The molecule has 5 nitrogen and oxygen atoms in total. The van der Waals surface area contributed by atoms with Gasteiger partial charge in [-0.3, -0.25) is 4.68 Å². The fourth-order valence-electron chi connectivity index (χ4n) is 2.93. The molecule has 0 radical (unpaired) electrons. The minimum Gasteiger partial charge on any atom is -0.388 e. The largest absolute Gasteiger partial charge is 0.388 e. The van der Waals surface area contributed by atoms with Crippen LogP contribution in [-0.4, -0.2) is 40.2 Å². The maximum Gasteiger partial charge on any atom is 0.0815 e. The Morgan fingerprint density at radius 2 is 1.90 bits per heavy atom. The van der Waals surface area contributed by atoms with Crippen LogP contribution in [0.3, 0.4) is 0 Å². The molecular weight excluding hydrogens is 266 g/mol. The molecule has 120 valence electrons. The highest BCUT2D eigenvalue weighted by Gasteiger charge is 2.29. The van der Waals surface area contributed by atoms with Gasteiger partial charge < -0.3 is 15.2 Å². The number of ether oxygens (including phenoxy) is 1. The molecule has 0 bridgehead atoms. The van der Waals surface area contributed by atoms with Crippen molar-refractivity contribution < 1.29 is 9.84 Å². The number of aryl methyl sites for hydroxylation is 1. The Bertz CT molecular complexity index is 482. The zero-order chi connectivity index (χ0) is 15.7. The van der Waals surface area contributed by atoms with E-state index in [0.29, 0.717) is 32.6 Å². The van der Waals surface area contributed by atoms with E-state index in [9.17, 15) is 5.11 Å². The molecular formula is C16H29N3O2. The summed E-state index contributed by atoms with van der Waals surface area (Å²) in [5.74, 6) is 0. The molecule has 0 spiro atoms. The maximum absolute atomic E-state index is 10.5. The first-order valence-corrected chi connectivity index (χ1v) is 7.79. The molecule has 21 heavy (non-hydrogen) atoms. The Kier molecular flexibility index (Phi) is 4.76. The Morgan fingerprint density at radius 3 is 2.43 bits per heavy atom. The van der Waals surface area contributed by atoms with Gasteiger partial charge in [-0.15, -0.1) is 0 Å². The molecule has 2 N–H and O–H groups in total. The maximum atomic E-state index is 10.5. The van der Waals surface area contributed by atoms with Crippen LogP contribution in [0.2, 0.25) is 0 Å². The molecule has 0 aromatic carbocycles. The third-order valence-corrected chi connectivity index (χ3v) is 4.26. The molecule has 2 heterocycles. The van der Waals surface area contributed by atoms with Gasteiger partial charge in [0.25, 0.3) is 0 Å². The summed E-state index contributed by atoms with van der Waals surface area (Å²) in [7, 11) is 0. The zero-order valence-corrected chi connectivity index (χ0v) is 14.0. The second-order valence-electron chi connectivity index (χ2n) is 7.17. The van der Waals surface area contributed by atoms with Gasteiger partial charge in [-0.05, 0) is 34.6 Å². The van der Waals surface area contributed by atoms with Crippen LogP contribution in [0.15, 0.2) is 0 Å². The average Bonchev–Trinajstić information content (AvgIpc) is 2.67. The van der Waals surface area contributed by atoms with Crippen molar-refractivity contribution in [1.82, 2.24) is 15.1 Å². The number of aliphatic hydroxyl groups is 1. The summed E-state index contributed by atoms with van der Waals surface area (Å²) in [5.41, 5.74) is 2.87.